The van der Waals surface area contributed by atoms with Gasteiger partial charge in [0.25, 0.3) is 0 Å². The van der Waals surface area contributed by atoms with Gasteiger partial charge in [0.15, 0.2) is 0 Å². The molecule has 42 heavy (non-hydrogen) atoms. The lowest BCUT2D eigenvalue weighted by Crippen LogP contribution is -2.24. The lowest BCUT2D eigenvalue weighted by Gasteiger charge is -2.14. The molecule has 2 aromatic heterocycles. The van der Waals surface area contributed by atoms with Crippen LogP contribution < -0.4 is 26.0 Å². The number of nitrogens with zero attached hydrogens (tertiary/aromatic N) is 3. The van der Waals surface area contributed by atoms with Crippen LogP contribution >= 0.6 is 0 Å². The fourth-order valence-electron chi connectivity index (χ4n) is 4.47. The van der Waals surface area contributed by atoms with Crippen molar-refractivity contribution in [3.8, 4) is 17.2 Å². The smallest absolute Gasteiger partial charge is 0.324 e. The quantitative estimate of drug-likeness (QED) is 0.150. The topological polar surface area (TPSA) is 122 Å². The Morgan fingerprint density at radius 2 is 1.67 bits per heavy atom. The van der Waals surface area contributed by atoms with Crippen molar-refractivity contribution in [1.29, 1.82) is 0 Å². The molecule has 0 saturated heterocycles. The molecule has 5 aromatic rings. The Morgan fingerprint density at radius 3 is 2.43 bits per heavy atom. The zero-order valence-electron chi connectivity index (χ0n) is 23.8. The normalized spacial score (nSPS) is 10.7. The molecule has 0 aliphatic heterocycles. The predicted molar refractivity (Wildman–Crippen MR) is 166 cm³/mol. The second-order valence-electron chi connectivity index (χ2n) is 9.79. The SMILES string of the molecule is CCCCc1cc(NC(=O)Nc2ccc(Oc3ccnc(NC(=O)NC)c3)c3ccccc23)n(-c2ccc(C)cc2)n1. The molecule has 2 heterocycles. The molecule has 0 unspecified atom stereocenters. The largest absolute Gasteiger partial charge is 0.457 e. The van der Waals surface area contributed by atoms with E-state index in [4.69, 9.17) is 9.84 Å². The number of carbonyl (C=O) groups is 2. The zero-order valence-corrected chi connectivity index (χ0v) is 23.8. The number of amides is 4. The van der Waals surface area contributed by atoms with Crippen LogP contribution in [0.3, 0.4) is 0 Å². The number of aryl methyl sites for hydroxylation is 2. The molecule has 0 bridgehead atoms. The fourth-order valence-corrected chi connectivity index (χ4v) is 4.47. The number of urea groups is 2. The van der Waals surface area contributed by atoms with Gasteiger partial charge in [-0.15, -0.1) is 0 Å². The van der Waals surface area contributed by atoms with Gasteiger partial charge in [-0.05, 0) is 50.1 Å². The van der Waals surface area contributed by atoms with E-state index < -0.39 is 0 Å². The van der Waals surface area contributed by atoms with Crippen LogP contribution in [-0.2, 0) is 6.42 Å². The lowest BCUT2D eigenvalue weighted by molar-refractivity contribution is 0.254. The molecule has 4 amide bonds. The van der Waals surface area contributed by atoms with Gasteiger partial charge in [0.05, 0.1) is 17.1 Å². The van der Waals surface area contributed by atoms with E-state index in [9.17, 15) is 9.59 Å². The van der Waals surface area contributed by atoms with E-state index in [2.05, 4.69) is 33.2 Å². The zero-order chi connectivity index (χ0) is 29.5. The average molecular weight is 564 g/mol. The van der Waals surface area contributed by atoms with Crippen LogP contribution in [0.4, 0.5) is 26.9 Å². The maximum atomic E-state index is 13.3. The molecule has 0 atom stereocenters. The van der Waals surface area contributed by atoms with Gasteiger partial charge in [-0.2, -0.15) is 5.10 Å². The molecule has 0 aliphatic rings. The molecule has 0 radical (unpaired) electrons. The number of nitrogens with one attached hydrogen (secondary N) is 4. The highest BCUT2D eigenvalue weighted by Crippen LogP contribution is 2.35. The van der Waals surface area contributed by atoms with Crippen molar-refractivity contribution in [2.75, 3.05) is 23.0 Å². The third-order valence-corrected chi connectivity index (χ3v) is 6.63. The van der Waals surface area contributed by atoms with Crippen LogP contribution in [0.2, 0.25) is 0 Å². The molecule has 0 fully saturated rings. The van der Waals surface area contributed by atoms with Gasteiger partial charge in [0.1, 0.15) is 23.1 Å². The first-order valence-corrected chi connectivity index (χ1v) is 13.8. The van der Waals surface area contributed by atoms with Crippen molar-refractivity contribution in [2.45, 2.75) is 33.1 Å². The van der Waals surface area contributed by atoms with E-state index in [1.807, 2.05) is 61.5 Å². The summed E-state index contributed by atoms with van der Waals surface area (Å²) in [6.07, 6.45) is 4.46. The molecular formula is C32H33N7O3. The average Bonchev–Trinajstić information content (AvgIpc) is 3.40. The first kappa shape index (κ1) is 28.2. The minimum absolute atomic E-state index is 0.355. The number of anilines is 3. The maximum absolute atomic E-state index is 13.3. The van der Waals surface area contributed by atoms with Crippen LogP contribution in [0.1, 0.15) is 31.0 Å². The monoisotopic (exact) mass is 563 g/mol. The van der Waals surface area contributed by atoms with Crippen molar-refractivity contribution in [3.63, 3.8) is 0 Å². The summed E-state index contributed by atoms with van der Waals surface area (Å²) in [5, 5.41) is 17.5. The van der Waals surface area contributed by atoms with E-state index in [1.165, 1.54) is 7.05 Å². The van der Waals surface area contributed by atoms with E-state index >= 15 is 0 Å². The summed E-state index contributed by atoms with van der Waals surface area (Å²) >= 11 is 0. The van der Waals surface area contributed by atoms with Crippen molar-refractivity contribution in [1.82, 2.24) is 20.1 Å². The Hall–Kier alpha value is -5.38. The number of hydrogen-bond acceptors (Lipinski definition) is 5. The van der Waals surface area contributed by atoms with Crippen LogP contribution in [0.25, 0.3) is 16.5 Å². The summed E-state index contributed by atoms with van der Waals surface area (Å²) in [6, 6.07) is 23.8. The van der Waals surface area contributed by atoms with Crippen LogP contribution in [0, 0.1) is 6.92 Å². The van der Waals surface area contributed by atoms with Gasteiger partial charge in [0, 0.05) is 36.1 Å². The lowest BCUT2D eigenvalue weighted by atomic mass is 10.1. The van der Waals surface area contributed by atoms with E-state index in [0.717, 1.165) is 47.0 Å². The second-order valence-corrected chi connectivity index (χ2v) is 9.79. The summed E-state index contributed by atoms with van der Waals surface area (Å²) in [5.41, 5.74) is 3.56. The molecule has 10 nitrogen and oxygen atoms in total. The van der Waals surface area contributed by atoms with Crippen molar-refractivity contribution >= 4 is 40.2 Å². The standard InChI is InChI=1S/C32H33N7O3/c1-4-5-8-22-19-30(39(38-22)23-13-11-21(2)12-14-23)37-32(41)35-27-15-16-28(26-10-7-6-9-25(26)27)42-24-17-18-34-29(20-24)36-31(40)33-3/h6-7,9-20H,4-5,8H2,1-3H3,(H2,35,37,41)(H2,33,34,36,40). The summed E-state index contributed by atoms with van der Waals surface area (Å²) < 4.78 is 7.92. The second kappa shape index (κ2) is 12.9. The maximum Gasteiger partial charge on any atom is 0.324 e. The number of ether oxygens (including phenoxy) is 1. The molecule has 0 saturated carbocycles. The summed E-state index contributed by atoms with van der Waals surface area (Å²) in [7, 11) is 1.53. The first-order chi connectivity index (χ1) is 20.4. The highest BCUT2D eigenvalue weighted by Gasteiger charge is 2.15. The summed E-state index contributed by atoms with van der Waals surface area (Å²) in [5.74, 6) is 2.04. The van der Waals surface area contributed by atoms with Crippen molar-refractivity contribution in [2.24, 2.45) is 0 Å². The van der Waals surface area contributed by atoms with Gasteiger partial charge in [-0.3, -0.25) is 10.6 Å². The van der Waals surface area contributed by atoms with Gasteiger partial charge in [0.2, 0.25) is 0 Å². The number of unbranched alkanes of at least 4 members (excludes halogenated alkanes) is 1. The first-order valence-electron chi connectivity index (χ1n) is 13.8. The van der Waals surface area contributed by atoms with E-state index in [-0.39, 0.29) is 12.1 Å². The number of hydrogen-bond donors (Lipinski definition) is 4. The molecule has 4 N–H and O–H groups in total. The van der Waals surface area contributed by atoms with Crippen molar-refractivity contribution in [3.05, 3.63) is 96.3 Å². The molecule has 0 spiro atoms. The van der Waals surface area contributed by atoms with E-state index in [1.54, 1.807) is 35.1 Å². The Kier molecular flexibility index (Phi) is 8.62. The Bertz CT molecular complexity index is 1710. The highest BCUT2D eigenvalue weighted by molar-refractivity contribution is 6.07. The predicted octanol–water partition coefficient (Wildman–Crippen LogP) is 7.26. The number of rotatable bonds is 9. The Morgan fingerprint density at radius 1 is 0.881 bits per heavy atom. The summed E-state index contributed by atoms with van der Waals surface area (Å²) in [6.45, 7) is 4.18. The molecule has 5 rings (SSSR count). The van der Waals surface area contributed by atoms with Gasteiger partial charge in [-0.25, -0.2) is 19.3 Å². The van der Waals surface area contributed by atoms with E-state index in [0.29, 0.717) is 28.8 Å². The van der Waals surface area contributed by atoms with Crippen LogP contribution in [-0.4, -0.2) is 33.9 Å². The van der Waals surface area contributed by atoms with Crippen LogP contribution in [0.5, 0.6) is 11.5 Å². The molecule has 214 valence electrons. The third kappa shape index (κ3) is 6.67. The highest BCUT2D eigenvalue weighted by atomic mass is 16.5. The van der Waals surface area contributed by atoms with Gasteiger partial charge in [-0.1, -0.05) is 55.3 Å². The summed E-state index contributed by atoms with van der Waals surface area (Å²) in [4.78, 5) is 29.1. The minimum Gasteiger partial charge on any atom is -0.457 e. The third-order valence-electron chi connectivity index (χ3n) is 6.63. The van der Waals surface area contributed by atoms with Gasteiger partial charge < -0.3 is 15.4 Å². The molecule has 3 aromatic carbocycles. The minimum atomic E-state index is -0.386. The Balaban J connectivity index is 1.37. The Labute approximate surface area is 244 Å². The number of fused-ring (bicyclic) bond motifs is 1. The van der Waals surface area contributed by atoms with Crippen molar-refractivity contribution < 1.29 is 14.3 Å². The molecule has 10 heteroatoms. The van der Waals surface area contributed by atoms with Crippen LogP contribution in [0.15, 0.2) is 85.1 Å². The fraction of sp³-hybridized carbons (Fsp3) is 0.188. The molecular weight excluding hydrogens is 530 g/mol. The molecule has 0 aliphatic carbocycles. The van der Waals surface area contributed by atoms with Gasteiger partial charge >= 0.3 is 12.1 Å². The number of carbonyl (C=O) groups excluding carboxylic acids is 2. The number of aromatic nitrogens is 3. The number of pyridine rings is 1. The number of benzene rings is 3.